The van der Waals surface area contributed by atoms with Crippen LogP contribution in [0.1, 0.15) is 25.5 Å². The van der Waals surface area contributed by atoms with E-state index in [0.717, 1.165) is 5.56 Å². The van der Waals surface area contributed by atoms with Crippen LogP contribution in [-0.4, -0.2) is 33.1 Å². The zero-order valence-electron chi connectivity index (χ0n) is 15.8. The van der Waals surface area contributed by atoms with Crippen molar-refractivity contribution in [1.29, 1.82) is 0 Å². The fourth-order valence-corrected chi connectivity index (χ4v) is 3.94. The average Bonchev–Trinajstić information content (AvgIpc) is 2.71. The minimum atomic E-state index is -0.673. The maximum Gasteiger partial charge on any atom is 0.262 e. The molecule has 2 aromatic carbocycles. The Labute approximate surface area is 173 Å². The molecule has 7 heteroatoms. The molecule has 3 aromatic rings. The van der Waals surface area contributed by atoms with Crippen molar-refractivity contribution < 1.29 is 9.84 Å². The number of halogens is 1. The standard InChI is InChI=1S/C21H23ClN2O3S/c1-3-24-20(26)18-6-4-5-7-19(18)23-21(24)28-13-17(25)12-27-14(2)15-8-10-16(22)11-9-15/h4-11,14,17,25H,3,12-13H2,1-2H3/t14-,17+/m0/s1. The number of hydrogen-bond donors (Lipinski definition) is 1. The number of aliphatic hydroxyl groups is 1. The van der Waals surface area contributed by atoms with E-state index in [9.17, 15) is 9.90 Å². The van der Waals surface area contributed by atoms with Crippen LogP contribution in [0.5, 0.6) is 0 Å². The van der Waals surface area contributed by atoms with Crippen molar-refractivity contribution >= 4 is 34.3 Å². The Hall–Kier alpha value is -1.86. The Kier molecular flexibility index (Phi) is 7.13. The lowest BCUT2D eigenvalue weighted by Crippen LogP contribution is -2.24. The van der Waals surface area contributed by atoms with Crippen LogP contribution in [0.4, 0.5) is 0 Å². The van der Waals surface area contributed by atoms with Crippen molar-refractivity contribution in [3.63, 3.8) is 0 Å². The fraction of sp³-hybridized carbons (Fsp3) is 0.333. The molecule has 0 aliphatic carbocycles. The summed E-state index contributed by atoms with van der Waals surface area (Å²) < 4.78 is 7.41. The number of aromatic nitrogens is 2. The highest BCUT2D eigenvalue weighted by Crippen LogP contribution is 2.21. The Morgan fingerprint density at radius 2 is 1.93 bits per heavy atom. The molecule has 28 heavy (non-hydrogen) atoms. The molecule has 0 radical (unpaired) electrons. The van der Waals surface area contributed by atoms with Gasteiger partial charge in [-0.05, 0) is 43.7 Å². The highest BCUT2D eigenvalue weighted by molar-refractivity contribution is 7.99. The van der Waals surface area contributed by atoms with E-state index in [0.29, 0.717) is 33.4 Å². The number of hydrogen-bond acceptors (Lipinski definition) is 5. The zero-order valence-corrected chi connectivity index (χ0v) is 17.4. The second kappa shape index (κ2) is 9.56. The summed E-state index contributed by atoms with van der Waals surface area (Å²) in [5.74, 6) is 0.387. The highest BCUT2D eigenvalue weighted by Gasteiger charge is 2.14. The summed E-state index contributed by atoms with van der Waals surface area (Å²) in [7, 11) is 0. The molecule has 0 saturated carbocycles. The van der Waals surface area contributed by atoms with Gasteiger partial charge in [0.15, 0.2) is 5.16 Å². The first-order valence-electron chi connectivity index (χ1n) is 9.17. The van der Waals surface area contributed by atoms with Gasteiger partial charge in [-0.2, -0.15) is 0 Å². The molecule has 148 valence electrons. The predicted molar refractivity (Wildman–Crippen MR) is 114 cm³/mol. The number of aliphatic hydroxyl groups excluding tert-OH is 1. The molecule has 2 atom stereocenters. The summed E-state index contributed by atoms with van der Waals surface area (Å²) in [4.78, 5) is 17.2. The maximum atomic E-state index is 12.6. The number of benzene rings is 2. The molecule has 0 unspecified atom stereocenters. The van der Waals surface area contributed by atoms with Crippen molar-refractivity contribution in [3.05, 3.63) is 69.5 Å². The number of nitrogens with zero attached hydrogens (tertiary/aromatic N) is 2. The van der Waals surface area contributed by atoms with Crippen LogP contribution in [0.25, 0.3) is 10.9 Å². The molecule has 5 nitrogen and oxygen atoms in total. The second-order valence-corrected chi connectivity index (χ2v) is 7.88. The molecular weight excluding hydrogens is 396 g/mol. The van der Waals surface area contributed by atoms with Crippen molar-refractivity contribution in [2.75, 3.05) is 12.4 Å². The molecule has 0 aliphatic rings. The monoisotopic (exact) mass is 418 g/mol. The first-order chi connectivity index (χ1) is 13.5. The third-order valence-corrected chi connectivity index (χ3v) is 5.80. The molecule has 0 spiro atoms. The number of thioether (sulfide) groups is 1. The van der Waals surface area contributed by atoms with E-state index in [1.807, 2.05) is 56.3 Å². The molecule has 0 aliphatic heterocycles. The molecule has 0 fully saturated rings. The summed E-state index contributed by atoms with van der Waals surface area (Å²) in [6.45, 7) is 4.57. The summed E-state index contributed by atoms with van der Waals surface area (Å²) in [5.41, 5.74) is 1.61. The number of para-hydroxylation sites is 1. The van der Waals surface area contributed by atoms with Gasteiger partial charge in [-0.25, -0.2) is 4.98 Å². The lowest BCUT2D eigenvalue weighted by molar-refractivity contribution is 0.00620. The summed E-state index contributed by atoms with van der Waals surface area (Å²) in [6.07, 6.45) is -0.821. The van der Waals surface area contributed by atoms with E-state index >= 15 is 0 Å². The van der Waals surface area contributed by atoms with E-state index in [1.165, 1.54) is 11.8 Å². The van der Waals surface area contributed by atoms with Gasteiger partial charge in [-0.3, -0.25) is 9.36 Å². The number of rotatable bonds is 8. The van der Waals surface area contributed by atoms with Gasteiger partial charge in [0, 0.05) is 17.3 Å². The zero-order chi connectivity index (χ0) is 20.1. The normalized spacial score (nSPS) is 13.6. The van der Waals surface area contributed by atoms with Gasteiger partial charge in [0.1, 0.15) is 0 Å². The van der Waals surface area contributed by atoms with Crippen LogP contribution in [0, 0.1) is 0 Å². The molecule has 1 heterocycles. The number of ether oxygens (including phenoxy) is 1. The van der Waals surface area contributed by atoms with Gasteiger partial charge >= 0.3 is 0 Å². The Balaban J connectivity index is 1.62. The molecule has 3 rings (SSSR count). The topological polar surface area (TPSA) is 64.3 Å². The van der Waals surface area contributed by atoms with Gasteiger partial charge < -0.3 is 9.84 Å². The van der Waals surface area contributed by atoms with Gasteiger partial charge in [0.25, 0.3) is 5.56 Å². The molecule has 1 N–H and O–H groups in total. The third-order valence-electron chi connectivity index (χ3n) is 4.43. The maximum absolute atomic E-state index is 12.6. The van der Waals surface area contributed by atoms with E-state index in [4.69, 9.17) is 16.3 Å². The average molecular weight is 419 g/mol. The molecule has 1 aromatic heterocycles. The lowest BCUT2D eigenvalue weighted by atomic mass is 10.1. The first kappa shape index (κ1) is 20.9. The van der Waals surface area contributed by atoms with E-state index in [-0.39, 0.29) is 18.3 Å². The first-order valence-corrected chi connectivity index (χ1v) is 10.5. The Morgan fingerprint density at radius 3 is 2.64 bits per heavy atom. The number of fused-ring (bicyclic) bond motifs is 1. The van der Waals surface area contributed by atoms with E-state index in [2.05, 4.69) is 4.98 Å². The van der Waals surface area contributed by atoms with Crippen LogP contribution in [0.3, 0.4) is 0 Å². The van der Waals surface area contributed by atoms with Gasteiger partial charge in [0.2, 0.25) is 0 Å². The molecule has 0 bridgehead atoms. The van der Waals surface area contributed by atoms with Crippen molar-refractivity contribution in [2.24, 2.45) is 0 Å². The van der Waals surface area contributed by atoms with Gasteiger partial charge in [0.05, 0.1) is 29.7 Å². The van der Waals surface area contributed by atoms with Crippen LogP contribution in [0.15, 0.2) is 58.5 Å². The van der Waals surface area contributed by atoms with Crippen molar-refractivity contribution in [3.8, 4) is 0 Å². The predicted octanol–water partition coefficient (Wildman–Crippen LogP) is 4.30. The summed E-state index contributed by atoms with van der Waals surface area (Å²) in [5, 5.41) is 12.2. The minimum Gasteiger partial charge on any atom is -0.390 e. The van der Waals surface area contributed by atoms with Crippen LogP contribution < -0.4 is 5.56 Å². The molecule has 0 amide bonds. The molecule has 0 saturated heterocycles. The lowest BCUT2D eigenvalue weighted by Gasteiger charge is -2.17. The van der Waals surface area contributed by atoms with E-state index in [1.54, 1.807) is 10.6 Å². The van der Waals surface area contributed by atoms with Crippen LogP contribution in [0.2, 0.25) is 5.02 Å². The molecular formula is C21H23ClN2O3S. The van der Waals surface area contributed by atoms with Gasteiger partial charge in [-0.1, -0.05) is 47.6 Å². The van der Waals surface area contributed by atoms with Gasteiger partial charge in [-0.15, -0.1) is 0 Å². The summed E-state index contributed by atoms with van der Waals surface area (Å²) in [6, 6.07) is 14.8. The summed E-state index contributed by atoms with van der Waals surface area (Å²) >= 11 is 7.26. The van der Waals surface area contributed by atoms with Crippen LogP contribution in [-0.2, 0) is 11.3 Å². The second-order valence-electron chi connectivity index (χ2n) is 6.45. The smallest absolute Gasteiger partial charge is 0.262 e. The highest BCUT2D eigenvalue weighted by atomic mass is 35.5. The van der Waals surface area contributed by atoms with E-state index < -0.39 is 6.10 Å². The van der Waals surface area contributed by atoms with Crippen molar-refractivity contribution in [1.82, 2.24) is 9.55 Å². The Bertz CT molecular complexity index is 991. The third kappa shape index (κ3) is 4.94. The Morgan fingerprint density at radius 1 is 1.21 bits per heavy atom. The SMILES string of the molecule is CCn1c(SC[C@H](O)CO[C@@H](C)c2ccc(Cl)cc2)nc2ccccc2c1=O. The van der Waals surface area contributed by atoms with Crippen molar-refractivity contribution in [2.45, 2.75) is 37.8 Å². The largest absolute Gasteiger partial charge is 0.390 e. The quantitative estimate of drug-likeness (QED) is 0.436. The minimum absolute atomic E-state index is 0.0577. The fourth-order valence-electron chi connectivity index (χ4n) is 2.84. The van der Waals surface area contributed by atoms with Crippen LogP contribution >= 0.6 is 23.4 Å².